The van der Waals surface area contributed by atoms with Crippen molar-refractivity contribution in [2.24, 2.45) is 0 Å². The molecule has 0 atom stereocenters. The normalized spacial score (nSPS) is 14.9. The van der Waals surface area contributed by atoms with E-state index < -0.39 is 11.9 Å². The summed E-state index contributed by atoms with van der Waals surface area (Å²) >= 11 is 0.835. The van der Waals surface area contributed by atoms with Gasteiger partial charge >= 0.3 is 6.18 Å². The van der Waals surface area contributed by atoms with Crippen LogP contribution in [0.1, 0.15) is 5.69 Å². The molecular weight excluding hydrogens is 387 g/mol. The Labute approximate surface area is 157 Å². The molecule has 0 unspecified atom stereocenters. The molecule has 0 amide bonds. The zero-order chi connectivity index (χ0) is 19.4. The van der Waals surface area contributed by atoms with Gasteiger partial charge in [-0.1, -0.05) is 0 Å². The molecule has 0 aromatic carbocycles. The number of alkyl halides is 3. The molecule has 3 heterocycles. The van der Waals surface area contributed by atoms with E-state index in [1.54, 1.807) is 0 Å². The molecule has 0 spiro atoms. The Morgan fingerprint density at radius 1 is 1.07 bits per heavy atom. The maximum atomic E-state index is 12.9. The van der Waals surface area contributed by atoms with Gasteiger partial charge in [-0.2, -0.15) is 23.1 Å². The summed E-state index contributed by atoms with van der Waals surface area (Å²) in [5.41, 5.74) is -1.04. The van der Waals surface area contributed by atoms with Crippen LogP contribution in [0, 0.1) is 0 Å². The van der Waals surface area contributed by atoms with Crippen LogP contribution in [0.4, 0.5) is 19.1 Å². The van der Waals surface area contributed by atoms with Crippen molar-refractivity contribution in [3.63, 3.8) is 0 Å². The van der Waals surface area contributed by atoms with Crippen molar-refractivity contribution in [3.05, 3.63) is 18.0 Å². The van der Waals surface area contributed by atoms with E-state index in [4.69, 9.17) is 14.2 Å². The maximum absolute atomic E-state index is 12.9. The first-order chi connectivity index (χ1) is 12.9. The van der Waals surface area contributed by atoms with Crippen molar-refractivity contribution in [3.8, 4) is 11.8 Å². The highest BCUT2D eigenvalue weighted by molar-refractivity contribution is 7.99. The molecular formula is C15H16F3N5O3S. The fraction of sp³-hybridized carbons (Fsp3) is 0.467. The molecule has 1 fully saturated rings. The van der Waals surface area contributed by atoms with E-state index in [0.29, 0.717) is 32.3 Å². The number of rotatable bonds is 5. The number of morpholine rings is 1. The van der Waals surface area contributed by atoms with Gasteiger partial charge in [0.15, 0.2) is 5.16 Å². The highest BCUT2D eigenvalue weighted by Crippen LogP contribution is 2.40. The minimum Gasteiger partial charge on any atom is -0.480 e. The van der Waals surface area contributed by atoms with Crippen molar-refractivity contribution < 1.29 is 27.4 Å². The van der Waals surface area contributed by atoms with Crippen LogP contribution in [0.2, 0.25) is 0 Å². The summed E-state index contributed by atoms with van der Waals surface area (Å²) in [7, 11) is 2.81. The zero-order valence-electron chi connectivity index (χ0n) is 14.5. The first-order valence-electron chi connectivity index (χ1n) is 7.83. The van der Waals surface area contributed by atoms with Gasteiger partial charge < -0.3 is 19.1 Å². The smallest absolute Gasteiger partial charge is 0.433 e. The van der Waals surface area contributed by atoms with E-state index in [-0.39, 0.29) is 21.8 Å². The van der Waals surface area contributed by atoms with E-state index >= 15 is 0 Å². The number of halogens is 3. The Balaban J connectivity index is 1.95. The minimum absolute atomic E-state index is 0.121. The average Bonchev–Trinajstić information content (AvgIpc) is 2.68. The molecule has 2 aromatic heterocycles. The van der Waals surface area contributed by atoms with Gasteiger partial charge in [-0.15, -0.1) is 0 Å². The SMILES string of the molecule is COc1nc(N2CCOCC2)nc(OC)c1Sc1nccc(C(F)(F)F)n1. The second-order valence-electron chi connectivity index (χ2n) is 5.29. The van der Waals surface area contributed by atoms with Gasteiger partial charge in [0.1, 0.15) is 10.6 Å². The van der Waals surface area contributed by atoms with E-state index in [1.807, 2.05) is 4.90 Å². The van der Waals surface area contributed by atoms with Crippen molar-refractivity contribution in [1.29, 1.82) is 0 Å². The third-order valence-corrected chi connectivity index (χ3v) is 4.52. The topological polar surface area (TPSA) is 82.5 Å². The summed E-state index contributed by atoms with van der Waals surface area (Å²) in [5, 5.41) is -0.121. The third-order valence-electron chi connectivity index (χ3n) is 3.59. The zero-order valence-corrected chi connectivity index (χ0v) is 15.3. The summed E-state index contributed by atoms with van der Waals surface area (Å²) in [4.78, 5) is 18.3. The molecule has 8 nitrogen and oxygen atoms in total. The molecule has 1 aliphatic heterocycles. The number of hydrogen-bond acceptors (Lipinski definition) is 9. The van der Waals surface area contributed by atoms with Crippen LogP contribution in [0.3, 0.4) is 0 Å². The Morgan fingerprint density at radius 2 is 1.70 bits per heavy atom. The van der Waals surface area contributed by atoms with Crippen LogP contribution in [0.5, 0.6) is 11.8 Å². The first-order valence-corrected chi connectivity index (χ1v) is 8.65. The van der Waals surface area contributed by atoms with Gasteiger partial charge in [0.25, 0.3) is 0 Å². The molecule has 0 N–H and O–H groups in total. The molecule has 0 bridgehead atoms. The van der Waals surface area contributed by atoms with Crippen LogP contribution >= 0.6 is 11.8 Å². The molecule has 146 valence electrons. The van der Waals surface area contributed by atoms with Crippen LogP contribution in [-0.4, -0.2) is 60.5 Å². The number of hydrogen-bond donors (Lipinski definition) is 0. The Morgan fingerprint density at radius 3 is 2.26 bits per heavy atom. The van der Waals surface area contributed by atoms with Crippen molar-refractivity contribution in [2.45, 2.75) is 16.2 Å². The van der Waals surface area contributed by atoms with Gasteiger partial charge in [-0.05, 0) is 17.8 Å². The van der Waals surface area contributed by atoms with E-state index in [2.05, 4.69) is 19.9 Å². The van der Waals surface area contributed by atoms with E-state index in [1.165, 1.54) is 14.2 Å². The van der Waals surface area contributed by atoms with Crippen LogP contribution in [-0.2, 0) is 10.9 Å². The summed E-state index contributed by atoms with van der Waals surface area (Å²) in [6.45, 7) is 2.30. The molecule has 1 saturated heterocycles. The molecule has 1 aliphatic rings. The lowest BCUT2D eigenvalue weighted by Gasteiger charge is -2.27. The number of aromatic nitrogens is 4. The predicted molar refractivity (Wildman–Crippen MR) is 89.3 cm³/mol. The lowest BCUT2D eigenvalue weighted by atomic mass is 10.4. The standard InChI is InChI=1S/C15H16F3N5O3S/c1-24-11-10(27-14-19-4-3-9(20-14)15(16,17)18)12(25-2)22-13(21-11)23-5-7-26-8-6-23/h3-4H,5-8H2,1-2H3. The Bertz CT molecular complexity index is 778. The Kier molecular flexibility index (Phi) is 5.85. The molecule has 27 heavy (non-hydrogen) atoms. The summed E-state index contributed by atoms with van der Waals surface area (Å²) in [6.07, 6.45) is -3.52. The van der Waals surface area contributed by atoms with Gasteiger partial charge in [0, 0.05) is 19.3 Å². The molecule has 0 radical (unpaired) electrons. The van der Waals surface area contributed by atoms with E-state index in [9.17, 15) is 13.2 Å². The molecule has 0 saturated carbocycles. The number of anilines is 1. The molecule has 12 heteroatoms. The van der Waals surface area contributed by atoms with Crippen LogP contribution in [0.25, 0.3) is 0 Å². The second kappa shape index (κ2) is 8.13. The van der Waals surface area contributed by atoms with Gasteiger partial charge in [0.2, 0.25) is 17.7 Å². The van der Waals surface area contributed by atoms with Gasteiger partial charge in [-0.25, -0.2) is 9.97 Å². The van der Waals surface area contributed by atoms with Crippen LogP contribution < -0.4 is 14.4 Å². The summed E-state index contributed by atoms with van der Waals surface area (Å²) in [5.74, 6) is 0.713. The molecule has 0 aliphatic carbocycles. The quantitative estimate of drug-likeness (QED) is 0.698. The molecule has 2 aromatic rings. The summed E-state index contributed by atoms with van der Waals surface area (Å²) in [6, 6.07) is 0.802. The average molecular weight is 403 g/mol. The Hall–Kier alpha value is -2.34. The summed E-state index contributed by atoms with van der Waals surface area (Å²) < 4.78 is 54.5. The van der Waals surface area contributed by atoms with Crippen molar-refractivity contribution in [1.82, 2.24) is 19.9 Å². The lowest BCUT2D eigenvalue weighted by molar-refractivity contribution is -0.141. The highest BCUT2D eigenvalue weighted by Gasteiger charge is 2.33. The number of methoxy groups -OCH3 is 2. The predicted octanol–water partition coefficient (Wildman–Crippen LogP) is 2.29. The monoisotopic (exact) mass is 403 g/mol. The van der Waals surface area contributed by atoms with Crippen LogP contribution in [0.15, 0.2) is 22.3 Å². The molecule has 3 rings (SSSR count). The number of nitrogens with zero attached hydrogens (tertiary/aromatic N) is 5. The minimum atomic E-state index is -4.57. The lowest BCUT2D eigenvalue weighted by Crippen LogP contribution is -2.37. The fourth-order valence-corrected chi connectivity index (χ4v) is 3.18. The van der Waals surface area contributed by atoms with Crippen molar-refractivity contribution >= 4 is 17.7 Å². The first kappa shape index (κ1) is 19.4. The van der Waals surface area contributed by atoms with Crippen molar-refractivity contribution in [2.75, 3.05) is 45.4 Å². The third kappa shape index (κ3) is 4.50. The van der Waals surface area contributed by atoms with E-state index in [0.717, 1.165) is 24.0 Å². The number of ether oxygens (including phenoxy) is 3. The highest BCUT2D eigenvalue weighted by atomic mass is 32.2. The maximum Gasteiger partial charge on any atom is 0.433 e. The van der Waals surface area contributed by atoms with Gasteiger partial charge in [-0.3, -0.25) is 0 Å². The fourth-order valence-electron chi connectivity index (χ4n) is 2.31. The largest absolute Gasteiger partial charge is 0.480 e. The second-order valence-corrected chi connectivity index (χ2v) is 6.27. The van der Waals surface area contributed by atoms with Gasteiger partial charge in [0.05, 0.1) is 27.4 Å².